The van der Waals surface area contributed by atoms with Gasteiger partial charge in [0.15, 0.2) is 0 Å². The molecule has 6 heteroatoms. The number of aromatic carboxylic acids is 1. The molecular formula is C12H11ClN2O3. The van der Waals surface area contributed by atoms with Crippen LogP contribution in [0.15, 0.2) is 24.4 Å². The van der Waals surface area contributed by atoms with E-state index >= 15 is 0 Å². The van der Waals surface area contributed by atoms with E-state index < -0.39 is 5.97 Å². The fourth-order valence-corrected chi connectivity index (χ4v) is 1.93. The Morgan fingerprint density at radius 1 is 1.50 bits per heavy atom. The Labute approximate surface area is 108 Å². The van der Waals surface area contributed by atoms with E-state index in [1.54, 1.807) is 6.07 Å². The van der Waals surface area contributed by atoms with Gasteiger partial charge in [-0.3, -0.25) is 0 Å². The maximum atomic E-state index is 11.0. The van der Waals surface area contributed by atoms with Crippen molar-refractivity contribution in [2.75, 3.05) is 0 Å². The van der Waals surface area contributed by atoms with Gasteiger partial charge in [0.25, 0.3) is 0 Å². The molecule has 0 atom stereocenters. The first kappa shape index (κ1) is 12.4. The average Bonchev–Trinajstić information content (AvgIpc) is 2.75. The van der Waals surface area contributed by atoms with Crippen LogP contribution in [0.2, 0.25) is 5.02 Å². The summed E-state index contributed by atoms with van der Waals surface area (Å²) in [6.45, 7) is 1.82. The van der Waals surface area contributed by atoms with Crippen molar-refractivity contribution in [2.24, 2.45) is 0 Å². The lowest BCUT2D eigenvalue weighted by molar-refractivity contribution is 0.0695. The van der Waals surface area contributed by atoms with Crippen molar-refractivity contribution < 1.29 is 15.0 Å². The highest BCUT2D eigenvalue weighted by Crippen LogP contribution is 2.27. The molecule has 0 unspecified atom stereocenters. The molecule has 1 aromatic heterocycles. The van der Waals surface area contributed by atoms with Crippen molar-refractivity contribution in [3.8, 4) is 11.4 Å². The summed E-state index contributed by atoms with van der Waals surface area (Å²) in [5, 5.41) is 23.3. The minimum atomic E-state index is -1.04. The van der Waals surface area contributed by atoms with E-state index in [4.69, 9.17) is 16.7 Å². The van der Waals surface area contributed by atoms with Crippen LogP contribution in [0.3, 0.4) is 0 Å². The Hall–Kier alpha value is -2.01. The SMILES string of the molecule is CCc1c(C(=O)O)cnn1-c1cc(Cl)ccc1O. The van der Waals surface area contributed by atoms with Gasteiger partial charge in [-0.1, -0.05) is 18.5 Å². The summed E-state index contributed by atoms with van der Waals surface area (Å²) in [6.07, 6.45) is 1.75. The molecule has 0 fully saturated rings. The van der Waals surface area contributed by atoms with Gasteiger partial charge in [0.05, 0.1) is 11.9 Å². The zero-order valence-corrected chi connectivity index (χ0v) is 10.3. The van der Waals surface area contributed by atoms with Gasteiger partial charge in [0.2, 0.25) is 0 Å². The number of hydrogen-bond donors (Lipinski definition) is 2. The molecule has 0 saturated heterocycles. The summed E-state index contributed by atoms with van der Waals surface area (Å²) < 4.78 is 1.39. The number of phenolic OH excluding ortho intramolecular Hbond substituents is 1. The van der Waals surface area contributed by atoms with E-state index in [2.05, 4.69) is 5.10 Å². The van der Waals surface area contributed by atoms with E-state index in [1.807, 2.05) is 6.92 Å². The number of halogens is 1. The molecule has 94 valence electrons. The van der Waals surface area contributed by atoms with Crippen LogP contribution in [0.1, 0.15) is 23.0 Å². The second kappa shape index (κ2) is 4.70. The number of phenols is 1. The minimum Gasteiger partial charge on any atom is -0.506 e. The topological polar surface area (TPSA) is 75.3 Å². The highest BCUT2D eigenvalue weighted by molar-refractivity contribution is 6.30. The number of carboxylic acid groups (broad SMARTS) is 1. The number of benzene rings is 1. The maximum absolute atomic E-state index is 11.0. The van der Waals surface area contributed by atoms with E-state index in [-0.39, 0.29) is 11.3 Å². The molecule has 0 saturated carbocycles. The van der Waals surface area contributed by atoms with Gasteiger partial charge < -0.3 is 10.2 Å². The Morgan fingerprint density at radius 2 is 2.22 bits per heavy atom. The number of aromatic hydroxyl groups is 1. The third-order valence-corrected chi connectivity index (χ3v) is 2.83. The van der Waals surface area contributed by atoms with Gasteiger partial charge in [-0.2, -0.15) is 5.10 Å². The Kier molecular flexibility index (Phi) is 3.25. The van der Waals surface area contributed by atoms with Gasteiger partial charge in [-0.15, -0.1) is 0 Å². The molecule has 2 rings (SSSR count). The molecule has 0 spiro atoms. The van der Waals surface area contributed by atoms with Crippen LogP contribution in [0.4, 0.5) is 0 Å². The molecule has 18 heavy (non-hydrogen) atoms. The van der Waals surface area contributed by atoms with Crippen LogP contribution < -0.4 is 0 Å². The number of aromatic nitrogens is 2. The van der Waals surface area contributed by atoms with Crippen LogP contribution in [0.25, 0.3) is 5.69 Å². The fourth-order valence-electron chi connectivity index (χ4n) is 1.77. The standard InChI is InChI=1S/C12H11ClN2O3/c1-2-9-8(12(17)18)6-14-15(9)10-5-7(13)3-4-11(10)16/h3-6,16H,2H2,1H3,(H,17,18). The van der Waals surface area contributed by atoms with Crippen molar-refractivity contribution in [2.45, 2.75) is 13.3 Å². The van der Waals surface area contributed by atoms with Crippen LogP contribution >= 0.6 is 11.6 Å². The zero-order chi connectivity index (χ0) is 13.3. The van der Waals surface area contributed by atoms with Gasteiger partial charge in [0.1, 0.15) is 17.0 Å². The second-order valence-corrected chi connectivity index (χ2v) is 4.14. The van der Waals surface area contributed by atoms with Crippen LogP contribution in [0, 0.1) is 0 Å². The summed E-state index contributed by atoms with van der Waals surface area (Å²) >= 11 is 5.86. The number of rotatable bonds is 3. The van der Waals surface area contributed by atoms with Crippen LogP contribution in [-0.4, -0.2) is 26.0 Å². The third kappa shape index (κ3) is 2.04. The van der Waals surface area contributed by atoms with Gasteiger partial charge >= 0.3 is 5.97 Å². The predicted octanol–water partition coefficient (Wildman–Crippen LogP) is 2.49. The average molecular weight is 267 g/mol. The van der Waals surface area contributed by atoms with E-state index in [0.29, 0.717) is 22.8 Å². The van der Waals surface area contributed by atoms with Crippen molar-refractivity contribution in [3.63, 3.8) is 0 Å². The number of carbonyl (C=O) groups is 1. The van der Waals surface area contributed by atoms with Crippen molar-refractivity contribution in [3.05, 3.63) is 40.7 Å². The molecule has 1 heterocycles. The number of carboxylic acids is 1. The lowest BCUT2D eigenvalue weighted by atomic mass is 10.2. The molecule has 5 nitrogen and oxygen atoms in total. The summed E-state index contributed by atoms with van der Waals surface area (Å²) in [4.78, 5) is 11.0. The number of nitrogens with zero attached hydrogens (tertiary/aromatic N) is 2. The maximum Gasteiger partial charge on any atom is 0.339 e. The molecule has 2 N–H and O–H groups in total. The van der Waals surface area contributed by atoms with Crippen molar-refractivity contribution in [1.82, 2.24) is 9.78 Å². The highest BCUT2D eigenvalue weighted by Gasteiger charge is 2.17. The quantitative estimate of drug-likeness (QED) is 0.895. The van der Waals surface area contributed by atoms with Crippen LogP contribution in [-0.2, 0) is 6.42 Å². The van der Waals surface area contributed by atoms with E-state index in [9.17, 15) is 9.90 Å². The first-order valence-corrected chi connectivity index (χ1v) is 5.71. The summed E-state index contributed by atoms with van der Waals surface area (Å²) in [7, 11) is 0. The second-order valence-electron chi connectivity index (χ2n) is 3.71. The van der Waals surface area contributed by atoms with Crippen molar-refractivity contribution >= 4 is 17.6 Å². The molecule has 0 bridgehead atoms. The monoisotopic (exact) mass is 266 g/mol. The lowest BCUT2D eigenvalue weighted by Gasteiger charge is -2.09. The third-order valence-electron chi connectivity index (χ3n) is 2.60. The Balaban J connectivity index is 2.64. The first-order chi connectivity index (χ1) is 8.54. The summed E-state index contributed by atoms with van der Waals surface area (Å²) in [5.41, 5.74) is 1.00. The first-order valence-electron chi connectivity index (χ1n) is 5.33. The zero-order valence-electron chi connectivity index (χ0n) is 9.59. The molecule has 0 aliphatic rings. The van der Waals surface area contributed by atoms with Gasteiger partial charge in [0, 0.05) is 5.02 Å². The Bertz CT molecular complexity index is 607. The summed E-state index contributed by atoms with van der Waals surface area (Å²) in [5.74, 6) is -1.05. The molecule has 0 aliphatic heterocycles. The van der Waals surface area contributed by atoms with Crippen LogP contribution in [0.5, 0.6) is 5.75 Å². The lowest BCUT2D eigenvalue weighted by Crippen LogP contribution is -2.05. The highest BCUT2D eigenvalue weighted by atomic mass is 35.5. The molecule has 2 aromatic rings. The largest absolute Gasteiger partial charge is 0.506 e. The number of hydrogen-bond acceptors (Lipinski definition) is 3. The molecule has 0 radical (unpaired) electrons. The van der Waals surface area contributed by atoms with E-state index in [0.717, 1.165) is 0 Å². The molecule has 0 amide bonds. The molecule has 1 aromatic carbocycles. The van der Waals surface area contributed by atoms with Gasteiger partial charge in [-0.25, -0.2) is 9.48 Å². The Morgan fingerprint density at radius 3 is 2.83 bits per heavy atom. The smallest absolute Gasteiger partial charge is 0.339 e. The van der Waals surface area contributed by atoms with Gasteiger partial charge in [-0.05, 0) is 24.6 Å². The van der Waals surface area contributed by atoms with Crippen molar-refractivity contribution in [1.29, 1.82) is 0 Å². The minimum absolute atomic E-state index is 0.00543. The molecule has 0 aliphatic carbocycles. The fraction of sp³-hybridized carbons (Fsp3) is 0.167. The van der Waals surface area contributed by atoms with E-state index in [1.165, 1.54) is 23.0 Å². The normalized spacial score (nSPS) is 10.6. The molecular weight excluding hydrogens is 256 g/mol. The summed E-state index contributed by atoms with van der Waals surface area (Å²) in [6, 6.07) is 4.53. The predicted molar refractivity (Wildman–Crippen MR) is 66.6 cm³/mol.